The third kappa shape index (κ3) is 1.99. The summed E-state index contributed by atoms with van der Waals surface area (Å²) in [4.78, 5) is 12.2. The van der Waals surface area contributed by atoms with Gasteiger partial charge in [-0.1, -0.05) is 18.2 Å². The van der Waals surface area contributed by atoms with Gasteiger partial charge in [0.15, 0.2) is 0 Å². The molecule has 2 aromatic rings. The molecule has 4 nitrogen and oxygen atoms in total. The van der Waals surface area contributed by atoms with Crippen LogP contribution in [0.25, 0.3) is 11.0 Å². The van der Waals surface area contributed by atoms with E-state index in [-0.39, 0.29) is 18.0 Å². The van der Waals surface area contributed by atoms with Gasteiger partial charge in [-0.05, 0) is 25.3 Å². The molecule has 0 spiro atoms. The molecular formula is C14H16N2O2. The smallest absolute Gasteiger partial charge is 0.255 e. The standard InChI is InChI=1S/C14H16N2O2/c15-9-5-6-10(7-9)16-14(17)12-8-18-13-4-2-1-3-11(12)13/h1-4,8-10H,5-7,15H2,(H,16,17). The molecule has 0 saturated heterocycles. The van der Waals surface area contributed by atoms with Gasteiger partial charge in [0.05, 0.1) is 5.56 Å². The van der Waals surface area contributed by atoms with Crippen molar-refractivity contribution in [3.63, 3.8) is 0 Å². The van der Waals surface area contributed by atoms with Crippen LogP contribution in [0.4, 0.5) is 0 Å². The molecule has 4 heteroatoms. The van der Waals surface area contributed by atoms with E-state index in [1.54, 1.807) is 0 Å². The molecule has 1 amide bonds. The van der Waals surface area contributed by atoms with Crippen molar-refractivity contribution in [3.8, 4) is 0 Å². The number of rotatable bonds is 2. The molecule has 0 bridgehead atoms. The molecule has 2 unspecified atom stereocenters. The lowest BCUT2D eigenvalue weighted by molar-refractivity contribution is 0.0938. The van der Waals surface area contributed by atoms with Crippen LogP contribution < -0.4 is 11.1 Å². The fourth-order valence-electron chi connectivity index (χ4n) is 2.56. The molecule has 1 aromatic heterocycles. The molecule has 2 atom stereocenters. The van der Waals surface area contributed by atoms with Crippen molar-refractivity contribution in [2.45, 2.75) is 31.3 Å². The average Bonchev–Trinajstić information content (AvgIpc) is 2.95. The van der Waals surface area contributed by atoms with Crippen molar-refractivity contribution < 1.29 is 9.21 Å². The number of fused-ring (bicyclic) bond motifs is 1. The van der Waals surface area contributed by atoms with Crippen LogP contribution in [-0.2, 0) is 0 Å². The number of furan rings is 1. The Balaban J connectivity index is 1.80. The van der Waals surface area contributed by atoms with Crippen molar-refractivity contribution in [2.75, 3.05) is 0 Å². The van der Waals surface area contributed by atoms with E-state index in [9.17, 15) is 4.79 Å². The minimum Gasteiger partial charge on any atom is -0.463 e. The number of hydrogen-bond donors (Lipinski definition) is 2. The number of nitrogens with two attached hydrogens (primary N) is 1. The maximum atomic E-state index is 12.2. The van der Waals surface area contributed by atoms with Crippen LogP contribution in [0.5, 0.6) is 0 Å². The van der Waals surface area contributed by atoms with Gasteiger partial charge in [-0.25, -0.2) is 0 Å². The van der Waals surface area contributed by atoms with Crippen molar-refractivity contribution in [3.05, 3.63) is 36.1 Å². The first-order valence-corrected chi connectivity index (χ1v) is 6.26. The summed E-state index contributed by atoms with van der Waals surface area (Å²) < 4.78 is 5.37. The van der Waals surface area contributed by atoms with E-state index in [1.165, 1.54) is 6.26 Å². The van der Waals surface area contributed by atoms with Crippen molar-refractivity contribution in [1.82, 2.24) is 5.32 Å². The highest BCUT2D eigenvalue weighted by Crippen LogP contribution is 2.22. The largest absolute Gasteiger partial charge is 0.463 e. The lowest BCUT2D eigenvalue weighted by atomic mass is 10.1. The topological polar surface area (TPSA) is 68.3 Å². The first-order valence-electron chi connectivity index (χ1n) is 6.26. The highest BCUT2D eigenvalue weighted by atomic mass is 16.3. The molecule has 18 heavy (non-hydrogen) atoms. The van der Waals surface area contributed by atoms with E-state index in [4.69, 9.17) is 10.2 Å². The van der Waals surface area contributed by atoms with Crippen LogP contribution >= 0.6 is 0 Å². The molecule has 3 N–H and O–H groups in total. The lowest BCUT2D eigenvalue weighted by Gasteiger charge is -2.11. The number of carbonyl (C=O) groups is 1. The van der Waals surface area contributed by atoms with Crippen LogP contribution in [0.1, 0.15) is 29.6 Å². The molecule has 3 rings (SSSR count). The minimum absolute atomic E-state index is 0.0703. The van der Waals surface area contributed by atoms with E-state index >= 15 is 0 Å². The summed E-state index contributed by atoms with van der Waals surface area (Å²) in [7, 11) is 0. The third-order valence-corrected chi connectivity index (χ3v) is 3.53. The van der Waals surface area contributed by atoms with Gasteiger partial charge in [0.25, 0.3) is 5.91 Å². The zero-order valence-corrected chi connectivity index (χ0v) is 10.1. The zero-order valence-electron chi connectivity index (χ0n) is 10.1. The van der Waals surface area contributed by atoms with Crippen molar-refractivity contribution in [2.24, 2.45) is 5.73 Å². The molecule has 94 valence electrons. The number of nitrogens with one attached hydrogen (secondary N) is 1. The molecule has 1 aliphatic carbocycles. The molecule has 1 saturated carbocycles. The second-order valence-corrected chi connectivity index (χ2v) is 4.89. The van der Waals surface area contributed by atoms with Gasteiger partial charge in [-0.2, -0.15) is 0 Å². The summed E-state index contributed by atoms with van der Waals surface area (Å²) in [5.41, 5.74) is 7.18. The third-order valence-electron chi connectivity index (χ3n) is 3.53. The minimum atomic E-state index is -0.0703. The Labute approximate surface area is 105 Å². The summed E-state index contributed by atoms with van der Waals surface area (Å²) in [6.45, 7) is 0. The Morgan fingerprint density at radius 1 is 1.33 bits per heavy atom. The first-order chi connectivity index (χ1) is 8.74. The van der Waals surface area contributed by atoms with Crippen molar-refractivity contribution >= 4 is 16.9 Å². The Bertz CT molecular complexity index is 576. The first kappa shape index (κ1) is 11.3. The van der Waals surface area contributed by atoms with E-state index in [0.29, 0.717) is 5.56 Å². The predicted molar refractivity (Wildman–Crippen MR) is 69.3 cm³/mol. The Hall–Kier alpha value is -1.81. The second kappa shape index (κ2) is 4.46. The highest BCUT2D eigenvalue weighted by Gasteiger charge is 2.24. The highest BCUT2D eigenvalue weighted by molar-refractivity contribution is 6.05. The number of carbonyl (C=O) groups excluding carboxylic acids is 1. The van der Waals surface area contributed by atoms with Gasteiger partial charge < -0.3 is 15.5 Å². The predicted octanol–water partition coefficient (Wildman–Crippen LogP) is 2.04. The fraction of sp³-hybridized carbons (Fsp3) is 0.357. The molecule has 0 radical (unpaired) electrons. The van der Waals surface area contributed by atoms with Gasteiger partial charge in [-0.15, -0.1) is 0 Å². The second-order valence-electron chi connectivity index (χ2n) is 4.89. The Morgan fingerprint density at radius 3 is 2.94 bits per heavy atom. The van der Waals surface area contributed by atoms with Gasteiger partial charge in [-0.3, -0.25) is 4.79 Å². The van der Waals surface area contributed by atoms with Crippen LogP contribution in [0, 0.1) is 0 Å². The van der Waals surface area contributed by atoms with E-state index in [0.717, 1.165) is 30.2 Å². The summed E-state index contributed by atoms with van der Waals surface area (Å²) in [5, 5.41) is 3.88. The number of amides is 1. The lowest BCUT2D eigenvalue weighted by Crippen LogP contribution is -2.33. The Morgan fingerprint density at radius 2 is 2.17 bits per heavy atom. The monoisotopic (exact) mass is 244 g/mol. The van der Waals surface area contributed by atoms with Gasteiger partial charge in [0.2, 0.25) is 0 Å². The normalized spacial score (nSPS) is 23.4. The van der Waals surface area contributed by atoms with Crippen LogP contribution in [0.3, 0.4) is 0 Å². The van der Waals surface area contributed by atoms with Crippen molar-refractivity contribution in [1.29, 1.82) is 0 Å². The van der Waals surface area contributed by atoms with Gasteiger partial charge in [0, 0.05) is 17.5 Å². The van der Waals surface area contributed by atoms with E-state index in [1.807, 2.05) is 24.3 Å². The summed E-state index contributed by atoms with van der Waals surface area (Å²) in [5.74, 6) is -0.0703. The average molecular weight is 244 g/mol. The molecule has 1 heterocycles. The number of hydrogen-bond acceptors (Lipinski definition) is 3. The van der Waals surface area contributed by atoms with E-state index < -0.39 is 0 Å². The quantitative estimate of drug-likeness (QED) is 0.849. The fourth-order valence-corrected chi connectivity index (χ4v) is 2.56. The summed E-state index contributed by atoms with van der Waals surface area (Å²) in [6, 6.07) is 7.97. The van der Waals surface area contributed by atoms with Crippen LogP contribution in [0.2, 0.25) is 0 Å². The molecule has 1 aliphatic rings. The molecule has 0 aliphatic heterocycles. The Kier molecular flexibility index (Phi) is 2.80. The maximum Gasteiger partial charge on any atom is 0.255 e. The molecule has 1 fully saturated rings. The number of benzene rings is 1. The van der Waals surface area contributed by atoms with Crippen LogP contribution in [0.15, 0.2) is 34.9 Å². The number of para-hydroxylation sites is 1. The summed E-state index contributed by atoms with van der Waals surface area (Å²) >= 11 is 0. The summed E-state index contributed by atoms with van der Waals surface area (Å²) in [6.07, 6.45) is 4.33. The van der Waals surface area contributed by atoms with Gasteiger partial charge >= 0.3 is 0 Å². The van der Waals surface area contributed by atoms with Crippen LogP contribution in [-0.4, -0.2) is 18.0 Å². The van der Waals surface area contributed by atoms with E-state index in [2.05, 4.69) is 5.32 Å². The zero-order chi connectivity index (χ0) is 12.5. The van der Waals surface area contributed by atoms with Gasteiger partial charge in [0.1, 0.15) is 11.8 Å². The molecular weight excluding hydrogens is 228 g/mol. The maximum absolute atomic E-state index is 12.2. The SMILES string of the molecule is NC1CCC(NC(=O)c2coc3ccccc23)C1. The molecule has 1 aromatic carbocycles.